The fourth-order valence-electron chi connectivity index (χ4n) is 2.35. The molecule has 1 atom stereocenters. The zero-order chi connectivity index (χ0) is 18.8. The highest BCUT2D eigenvalue weighted by Gasteiger charge is 2.29. The van der Waals surface area contributed by atoms with Crippen LogP contribution in [0, 0.1) is 6.92 Å². The molecular weight excluding hydrogens is 383 g/mol. The second-order valence-electron chi connectivity index (χ2n) is 5.66. The molecule has 0 saturated heterocycles. The Morgan fingerprint density at radius 3 is 2.08 bits per heavy atom. The molecule has 0 unspecified atom stereocenters. The van der Waals surface area contributed by atoms with Gasteiger partial charge in [-0.3, -0.25) is 9.10 Å². The van der Waals surface area contributed by atoms with Crippen LogP contribution < -0.4 is 9.62 Å². The molecule has 5 nitrogen and oxygen atoms in total. The molecule has 134 valence electrons. The maximum absolute atomic E-state index is 12.6. The van der Waals surface area contributed by atoms with Crippen molar-refractivity contribution in [3.05, 3.63) is 58.1 Å². The van der Waals surface area contributed by atoms with Crippen LogP contribution >= 0.6 is 23.2 Å². The topological polar surface area (TPSA) is 66.5 Å². The molecule has 0 saturated carbocycles. The molecule has 0 radical (unpaired) electrons. The summed E-state index contributed by atoms with van der Waals surface area (Å²) in [6.07, 6.45) is 1.05. The number of sulfonamides is 1. The van der Waals surface area contributed by atoms with Crippen molar-refractivity contribution < 1.29 is 13.2 Å². The van der Waals surface area contributed by atoms with Crippen LogP contribution in [0.1, 0.15) is 12.5 Å². The third-order valence-electron chi connectivity index (χ3n) is 3.59. The second kappa shape index (κ2) is 7.64. The van der Waals surface area contributed by atoms with Gasteiger partial charge >= 0.3 is 0 Å². The first kappa shape index (κ1) is 19.6. The van der Waals surface area contributed by atoms with E-state index in [0.717, 1.165) is 16.1 Å². The predicted octanol–water partition coefficient (Wildman–Crippen LogP) is 4.10. The standard InChI is InChI=1S/C17H18Cl2N2O3S/c1-11-7-9-13(10-8-11)21(25(3,23)24)12(2)17(22)20-16-14(18)5-4-6-15(16)19/h4-10,12H,1-3H3,(H,20,22)/t12-/m1/s1. The maximum Gasteiger partial charge on any atom is 0.248 e. The van der Waals surface area contributed by atoms with Crippen molar-refractivity contribution in [2.75, 3.05) is 15.9 Å². The Kier molecular flexibility index (Phi) is 5.98. The monoisotopic (exact) mass is 400 g/mol. The maximum atomic E-state index is 12.6. The number of carbonyl (C=O) groups is 1. The molecule has 0 heterocycles. The summed E-state index contributed by atoms with van der Waals surface area (Å²) in [6, 6.07) is 10.7. The molecule has 1 amide bonds. The summed E-state index contributed by atoms with van der Waals surface area (Å²) >= 11 is 12.1. The zero-order valence-corrected chi connectivity index (χ0v) is 16.3. The molecule has 0 fully saturated rings. The minimum absolute atomic E-state index is 0.250. The summed E-state index contributed by atoms with van der Waals surface area (Å²) in [6.45, 7) is 3.39. The van der Waals surface area contributed by atoms with Crippen LogP contribution in [0.15, 0.2) is 42.5 Å². The SMILES string of the molecule is Cc1ccc(N([C@H](C)C(=O)Nc2c(Cl)cccc2Cl)S(C)(=O)=O)cc1. The Labute approximate surface area is 157 Å². The molecule has 0 spiro atoms. The van der Waals surface area contributed by atoms with Gasteiger partial charge in [0.15, 0.2) is 0 Å². The molecule has 0 aliphatic carbocycles. The number of anilines is 2. The Balaban J connectivity index is 2.35. The van der Waals surface area contributed by atoms with Gasteiger partial charge in [-0.25, -0.2) is 8.42 Å². The Bertz CT molecular complexity index is 863. The number of nitrogens with zero attached hydrogens (tertiary/aromatic N) is 1. The fraction of sp³-hybridized carbons (Fsp3) is 0.235. The lowest BCUT2D eigenvalue weighted by atomic mass is 10.2. The molecule has 2 rings (SSSR count). The third-order valence-corrected chi connectivity index (χ3v) is 5.46. The van der Waals surface area contributed by atoms with E-state index < -0.39 is 22.0 Å². The van der Waals surface area contributed by atoms with Crippen molar-refractivity contribution in [1.29, 1.82) is 0 Å². The van der Waals surface area contributed by atoms with Crippen molar-refractivity contribution in [3.63, 3.8) is 0 Å². The normalized spacial score (nSPS) is 12.5. The second-order valence-corrected chi connectivity index (χ2v) is 8.33. The summed E-state index contributed by atoms with van der Waals surface area (Å²) in [5.41, 5.74) is 1.64. The number of rotatable bonds is 5. The van der Waals surface area contributed by atoms with Crippen molar-refractivity contribution in [3.8, 4) is 0 Å². The van der Waals surface area contributed by atoms with Crippen LogP contribution in [0.25, 0.3) is 0 Å². The van der Waals surface area contributed by atoms with Crippen LogP contribution in [0.5, 0.6) is 0 Å². The van der Waals surface area contributed by atoms with Crippen LogP contribution in [-0.4, -0.2) is 26.6 Å². The van der Waals surface area contributed by atoms with Gasteiger partial charge in [0.2, 0.25) is 15.9 Å². The number of carbonyl (C=O) groups excluding carboxylic acids is 1. The van der Waals surface area contributed by atoms with Crippen LogP contribution in [0.4, 0.5) is 11.4 Å². The van der Waals surface area contributed by atoms with E-state index in [4.69, 9.17) is 23.2 Å². The van der Waals surface area contributed by atoms with Gasteiger partial charge in [0.05, 0.1) is 27.7 Å². The average molecular weight is 401 g/mol. The van der Waals surface area contributed by atoms with E-state index in [9.17, 15) is 13.2 Å². The summed E-state index contributed by atoms with van der Waals surface area (Å²) in [5, 5.41) is 3.15. The Morgan fingerprint density at radius 2 is 1.60 bits per heavy atom. The number of amides is 1. The fourth-order valence-corrected chi connectivity index (χ4v) is 4.01. The van der Waals surface area contributed by atoms with Gasteiger partial charge in [0.25, 0.3) is 0 Å². The minimum atomic E-state index is -3.68. The van der Waals surface area contributed by atoms with E-state index in [1.54, 1.807) is 42.5 Å². The Morgan fingerprint density at radius 1 is 1.08 bits per heavy atom. The lowest BCUT2D eigenvalue weighted by molar-refractivity contribution is -0.116. The van der Waals surface area contributed by atoms with E-state index in [1.165, 1.54) is 6.92 Å². The molecule has 25 heavy (non-hydrogen) atoms. The van der Waals surface area contributed by atoms with E-state index in [1.807, 2.05) is 6.92 Å². The van der Waals surface area contributed by atoms with Crippen LogP contribution in [-0.2, 0) is 14.8 Å². The highest BCUT2D eigenvalue weighted by atomic mass is 35.5. The first-order valence-electron chi connectivity index (χ1n) is 7.42. The average Bonchev–Trinajstić information content (AvgIpc) is 2.51. The largest absolute Gasteiger partial charge is 0.322 e. The van der Waals surface area contributed by atoms with Gasteiger partial charge in [0, 0.05) is 0 Å². The first-order chi connectivity index (χ1) is 11.6. The van der Waals surface area contributed by atoms with Crippen LogP contribution in [0.3, 0.4) is 0 Å². The van der Waals surface area contributed by atoms with E-state index in [-0.39, 0.29) is 15.7 Å². The van der Waals surface area contributed by atoms with Gasteiger partial charge in [-0.1, -0.05) is 47.0 Å². The lowest BCUT2D eigenvalue weighted by Crippen LogP contribution is -2.45. The summed E-state index contributed by atoms with van der Waals surface area (Å²) in [5.74, 6) is -0.541. The molecule has 2 aromatic carbocycles. The predicted molar refractivity (Wildman–Crippen MR) is 103 cm³/mol. The van der Waals surface area contributed by atoms with Crippen molar-refractivity contribution in [2.24, 2.45) is 0 Å². The minimum Gasteiger partial charge on any atom is -0.322 e. The quantitative estimate of drug-likeness (QED) is 0.821. The van der Waals surface area contributed by atoms with Crippen LogP contribution in [0.2, 0.25) is 10.0 Å². The highest BCUT2D eigenvalue weighted by molar-refractivity contribution is 7.92. The molecule has 2 aromatic rings. The molecule has 0 aliphatic heterocycles. The smallest absolute Gasteiger partial charge is 0.248 e. The van der Waals surface area contributed by atoms with E-state index >= 15 is 0 Å². The first-order valence-corrected chi connectivity index (χ1v) is 10.0. The molecular formula is C17H18Cl2N2O3S. The van der Waals surface area contributed by atoms with Gasteiger partial charge in [-0.2, -0.15) is 0 Å². The molecule has 0 aromatic heterocycles. The van der Waals surface area contributed by atoms with Gasteiger partial charge in [-0.15, -0.1) is 0 Å². The van der Waals surface area contributed by atoms with E-state index in [2.05, 4.69) is 5.32 Å². The van der Waals surface area contributed by atoms with Gasteiger partial charge < -0.3 is 5.32 Å². The number of benzene rings is 2. The molecule has 0 bridgehead atoms. The summed E-state index contributed by atoms with van der Waals surface area (Å²) < 4.78 is 25.5. The Hall–Kier alpha value is -1.76. The summed E-state index contributed by atoms with van der Waals surface area (Å²) in [7, 11) is -3.68. The number of para-hydroxylation sites is 1. The van der Waals surface area contributed by atoms with Crippen molar-refractivity contribution in [1.82, 2.24) is 0 Å². The number of hydrogen-bond donors (Lipinski definition) is 1. The van der Waals surface area contributed by atoms with Crippen molar-refractivity contribution >= 4 is 50.5 Å². The number of aryl methyl sites for hydroxylation is 1. The molecule has 1 N–H and O–H groups in total. The number of hydrogen-bond acceptors (Lipinski definition) is 3. The summed E-state index contributed by atoms with van der Waals surface area (Å²) in [4.78, 5) is 12.6. The van der Waals surface area contributed by atoms with E-state index in [0.29, 0.717) is 5.69 Å². The highest BCUT2D eigenvalue weighted by Crippen LogP contribution is 2.30. The van der Waals surface area contributed by atoms with Crippen molar-refractivity contribution in [2.45, 2.75) is 19.9 Å². The van der Waals surface area contributed by atoms with Gasteiger partial charge in [0.1, 0.15) is 6.04 Å². The zero-order valence-electron chi connectivity index (χ0n) is 14.0. The third kappa shape index (κ3) is 4.66. The molecule has 8 heteroatoms. The number of halogens is 2. The number of nitrogens with one attached hydrogen (secondary N) is 1. The lowest BCUT2D eigenvalue weighted by Gasteiger charge is -2.28. The van der Waals surface area contributed by atoms with Gasteiger partial charge in [-0.05, 0) is 38.1 Å². The molecule has 0 aliphatic rings.